The lowest BCUT2D eigenvalue weighted by Gasteiger charge is -2.31. The maximum Gasteiger partial charge on any atom is 0.251 e. The summed E-state index contributed by atoms with van der Waals surface area (Å²) in [6.07, 6.45) is 0.551. The molecule has 5 rings (SSSR count). The summed E-state index contributed by atoms with van der Waals surface area (Å²) in [5.41, 5.74) is 14.8. The van der Waals surface area contributed by atoms with Crippen molar-refractivity contribution in [3.8, 4) is 11.5 Å². The van der Waals surface area contributed by atoms with E-state index in [1.54, 1.807) is 40.0 Å². The summed E-state index contributed by atoms with van der Waals surface area (Å²) in [6, 6.07) is 10.1. The summed E-state index contributed by atoms with van der Waals surface area (Å²) in [5, 5.41) is 5.37. The van der Waals surface area contributed by atoms with Gasteiger partial charge in [0.25, 0.3) is 6.43 Å². The van der Waals surface area contributed by atoms with Crippen LogP contribution in [0.3, 0.4) is 0 Å². The first kappa shape index (κ1) is 23.0. The van der Waals surface area contributed by atoms with Gasteiger partial charge in [0, 0.05) is 17.7 Å². The van der Waals surface area contributed by atoms with Crippen LogP contribution >= 0.6 is 0 Å². The Morgan fingerprint density at radius 2 is 1.80 bits per heavy atom. The van der Waals surface area contributed by atoms with E-state index in [-0.39, 0.29) is 30.6 Å². The van der Waals surface area contributed by atoms with Gasteiger partial charge >= 0.3 is 0 Å². The summed E-state index contributed by atoms with van der Waals surface area (Å²) in [6.45, 7) is 0.994. The normalized spacial score (nSPS) is 15.3. The quantitative estimate of drug-likeness (QED) is 0.431. The van der Waals surface area contributed by atoms with Crippen molar-refractivity contribution >= 4 is 22.5 Å². The van der Waals surface area contributed by atoms with Crippen LogP contribution in [-0.2, 0) is 6.54 Å². The Bertz CT molecular complexity index is 1350. The fraction of sp³-hybridized carbons (Fsp3) is 0.333. The molecule has 0 amide bonds. The van der Waals surface area contributed by atoms with Crippen LogP contribution in [-0.4, -0.2) is 55.7 Å². The van der Waals surface area contributed by atoms with Gasteiger partial charge < -0.3 is 11.5 Å². The van der Waals surface area contributed by atoms with Gasteiger partial charge in [-0.3, -0.25) is 4.90 Å². The van der Waals surface area contributed by atoms with Crippen LogP contribution in [0, 0.1) is 5.82 Å². The lowest BCUT2D eigenvalue weighted by Crippen LogP contribution is -2.36. The van der Waals surface area contributed by atoms with Crippen molar-refractivity contribution in [2.45, 2.75) is 31.7 Å². The number of alkyl halides is 2. The third-order valence-electron chi connectivity index (χ3n) is 6.37. The van der Waals surface area contributed by atoms with Crippen LogP contribution in [0.4, 0.5) is 24.7 Å². The number of benzene rings is 1. The Balaban J connectivity index is 1.51. The predicted octanol–water partition coefficient (Wildman–Crippen LogP) is 3.68. The highest BCUT2D eigenvalue weighted by Crippen LogP contribution is 2.35. The highest BCUT2D eigenvalue weighted by Gasteiger charge is 2.27. The summed E-state index contributed by atoms with van der Waals surface area (Å²) in [5.74, 6) is 0.0765. The van der Waals surface area contributed by atoms with E-state index in [2.05, 4.69) is 15.1 Å². The number of hydrogen-bond acceptors (Lipinski definition) is 7. The molecule has 8 nitrogen and oxygen atoms in total. The number of likely N-dealkylation sites (tertiary alicyclic amines) is 1. The second kappa shape index (κ2) is 9.49. The number of fused-ring (bicyclic) bond motifs is 1. The Morgan fingerprint density at radius 1 is 1.03 bits per heavy atom. The number of hydrogen-bond donors (Lipinski definition) is 2. The molecule has 3 aromatic heterocycles. The Hall–Kier alpha value is -3.73. The summed E-state index contributed by atoms with van der Waals surface area (Å²) >= 11 is 0. The number of piperidine rings is 1. The molecular weight excluding hydrogens is 457 g/mol. The maximum absolute atomic E-state index is 14.3. The molecule has 0 atom stereocenters. The number of rotatable bonds is 6. The smallest absolute Gasteiger partial charge is 0.251 e. The molecule has 1 aromatic carbocycles. The first-order valence-corrected chi connectivity index (χ1v) is 11.4. The van der Waals surface area contributed by atoms with Crippen LogP contribution in [0.5, 0.6) is 0 Å². The zero-order valence-corrected chi connectivity index (χ0v) is 18.9. The molecule has 1 saturated heterocycles. The molecule has 1 aliphatic rings. The molecule has 1 fully saturated rings. The highest BCUT2D eigenvalue weighted by molar-refractivity contribution is 5.89. The molecule has 4 heterocycles. The van der Waals surface area contributed by atoms with E-state index in [1.165, 1.54) is 6.07 Å². The molecule has 35 heavy (non-hydrogen) atoms. The SMILES string of the molecule is Nc1nc(-c2nn(Cc3ccccc3F)c3ncccc23)nc(C2CCN(CC(F)F)CC2)c1N. The Morgan fingerprint density at radius 3 is 2.54 bits per heavy atom. The lowest BCUT2D eigenvalue weighted by atomic mass is 9.92. The number of nitrogen functional groups attached to an aromatic ring is 2. The van der Waals surface area contributed by atoms with Crippen molar-refractivity contribution < 1.29 is 13.2 Å². The average molecular weight is 483 g/mol. The van der Waals surface area contributed by atoms with Crippen molar-refractivity contribution in [1.29, 1.82) is 0 Å². The van der Waals surface area contributed by atoms with Gasteiger partial charge in [0.2, 0.25) is 0 Å². The van der Waals surface area contributed by atoms with Gasteiger partial charge in [-0.2, -0.15) is 5.10 Å². The van der Waals surface area contributed by atoms with Gasteiger partial charge in [-0.05, 0) is 44.1 Å². The van der Waals surface area contributed by atoms with Crippen LogP contribution < -0.4 is 11.5 Å². The zero-order chi connectivity index (χ0) is 24.5. The molecule has 0 aliphatic carbocycles. The first-order valence-electron chi connectivity index (χ1n) is 11.4. The van der Waals surface area contributed by atoms with Crippen LogP contribution in [0.15, 0.2) is 42.6 Å². The minimum absolute atomic E-state index is 0.0298. The number of nitrogens with zero attached hydrogens (tertiary/aromatic N) is 6. The van der Waals surface area contributed by atoms with Gasteiger partial charge in [0.15, 0.2) is 17.3 Å². The van der Waals surface area contributed by atoms with Crippen molar-refractivity contribution in [3.63, 3.8) is 0 Å². The number of anilines is 2. The van der Waals surface area contributed by atoms with E-state index < -0.39 is 6.43 Å². The molecule has 4 N–H and O–H groups in total. The minimum atomic E-state index is -2.36. The molecule has 4 aromatic rings. The first-order chi connectivity index (χ1) is 16.9. The molecule has 0 saturated carbocycles. The number of aromatic nitrogens is 5. The third kappa shape index (κ3) is 4.63. The van der Waals surface area contributed by atoms with Gasteiger partial charge in [-0.1, -0.05) is 18.2 Å². The maximum atomic E-state index is 14.3. The van der Waals surface area contributed by atoms with Gasteiger partial charge in [0.1, 0.15) is 11.5 Å². The van der Waals surface area contributed by atoms with Crippen molar-refractivity contribution in [3.05, 3.63) is 59.7 Å². The highest BCUT2D eigenvalue weighted by atomic mass is 19.3. The fourth-order valence-electron chi connectivity index (χ4n) is 4.58. The topological polar surface area (TPSA) is 112 Å². The van der Waals surface area contributed by atoms with Crippen LogP contribution in [0.2, 0.25) is 0 Å². The third-order valence-corrected chi connectivity index (χ3v) is 6.37. The second-order valence-electron chi connectivity index (χ2n) is 8.67. The lowest BCUT2D eigenvalue weighted by molar-refractivity contribution is 0.0752. The van der Waals surface area contributed by atoms with Gasteiger partial charge in [0.05, 0.1) is 29.9 Å². The molecular formula is C24H25F3N8. The average Bonchev–Trinajstić information content (AvgIpc) is 3.21. The number of halogens is 3. The number of nitrogens with two attached hydrogens (primary N) is 2. The van der Waals surface area contributed by atoms with Gasteiger partial charge in [-0.25, -0.2) is 32.8 Å². The molecule has 0 bridgehead atoms. The number of pyridine rings is 1. The standard InChI is InChI=1S/C24H25F3N8/c25-17-6-2-1-4-15(17)12-35-24-16(5-3-9-30-24)21(33-35)23-31-20(19(28)22(29)32-23)14-7-10-34(11-8-14)13-18(26)27/h1-6,9,14,18H,7-8,10-13,28H2,(H2,29,31,32). The van der Waals surface area contributed by atoms with E-state index in [9.17, 15) is 13.2 Å². The summed E-state index contributed by atoms with van der Waals surface area (Å²) in [7, 11) is 0. The van der Waals surface area contributed by atoms with Crippen LogP contribution in [0.1, 0.15) is 30.0 Å². The molecule has 182 valence electrons. The van der Waals surface area contributed by atoms with E-state index in [4.69, 9.17) is 16.5 Å². The fourth-order valence-corrected chi connectivity index (χ4v) is 4.58. The van der Waals surface area contributed by atoms with E-state index >= 15 is 0 Å². The van der Waals surface area contributed by atoms with Crippen molar-refractivity contribution in [2.24, 2.45) is 0 Å². The molecule has 0 radical (unpaired) electrons. The zero-order valence-electron chi connectivity index (χ0n) is 18.9. The van der Waals surface area contributed by atoms with E-state index in [1.807, 2.05) is 6.07 Å². The van der Waals surface area contributed by atoms with Crippen LogP contribution in [0.25, 0.3) is 22.6 Å². The molecule has 0 spiro atoms. The minimum Gasteiger partial charge on any atom is -0.394 e. The van der Waals surface area contributed by atoms with Gasteiger partial charge in [-0.15, -0.1) is 0 Å². The van der Waals surface area contributed by atoms with Crippen molar-refractivity contribution in [2.75, 3.05) is 31.1 Å². The predicted molar refractivity (Wildman–Crippen MR) is 127 cm³/mol. The monoisotopic (exact) mass is 482 g/mol. The Kier molecular flexibility index (Phi) is 6.25. The summed E-state index contributed by atoms with van der Waals surface area (Å²) in [4.78, 5) is 15.3. The molecule has 11 heteroatoms. The van der Waals surface area contributed by atoms with E-state index in [0.717, 1.165) is 0 Å². The van der Waals surface area contributed by atoms with Crippen molar-refractivity contribution in [1.82, 2.24) is 29.6 Å². The Labute approximate surface area is 199 Å². The van der Waals surface area contributed by atoms with E-state index in [0.29, 0.717) is 65.4 Å². The summed E-state index contributed by atoms with van der Waals surface area (Å²) < 4.78 is 41.4. The second-order valence-corrected chi connectivity index (χ2v) is 8.67. The largest absolute Gasteiger partial charge is 0.394 e. The molecule has 0 unspecified atom stereocenters. The molecule has 1 aliphatic heterocycles.